The summed E-state index contributed by atoms with van der Waals surface area (Å²) in [5.41, 5.74) is -1.27. The fourth-order valence-electron chi connectivity index (χ4n) is 8.72. The third-order valence-electron chi connectivity index (χ3n) is 13.2. The van der Waals surface area contributed by atoms with Crippen molar-refractivity contribution < 1.29 is 88.0 Å². The number of rotatable bonds is 13. The summed E-state index contributed by atoms with van der Waals surface area (Å²) in [6.07, 6.45) is -4.43. The lowest BCUT2D eigenvalue weighted by atomic mass is 9.88. The minimum atomic E-state index is -1.61. The number of allylic oxidation sites excluding steroid dienone is 4. The highest BCUT2D eigenvalue weighted by Gasteiger charge is 2.53. The molecule has 0 unspecified atom stereocenters. The van der Waals surface area contributed by atoms with Gasteiger partial charge >= 0.3 is 17.9 Å². The van der Waals surface area contributed by atoms with Gasteiger partial charge in [-0.25, -0.2) is 9.59 Å². The summed E-state index contributed by atoms with van der Waals surface area (Å²) in [6.45, 7) is 19.6. The van der Waals surface area contributed by atoms with E-state index in [0.29, 0.717) is 23.1 Å². The first-order chi connectivity index (χ1) is 34.0. The molecular weight excluding hydrogens is 995 g/mol. The van der Waals surface area contributed by atoms with E-state index in [4.69, 9.17) is 61.1 Å². The maximum absolute atomic E-state index is 14.1. The second kappa shape index (κ2) is 26.2. The molecule has 18 nitrogen and oxygen atoms in total. The van der Waals surface area contributed by atoms with Crippen LogP contribution in [0.4, 0.5) is 0 Å². The highest BCUT2D eigenvalue weighted by Crippen LogP contribution is 2.45. The fraction of sp³-hybridized carbons (Fsp3) is 0.642. The smallest absolute Gasteiger partial charge is 0.342 e. The van der Waals surface area contributed by atoms with Gasteiger partial charge in [-0.15, -0.1) is 0 Å². The highest BCUT2D eigenvalue weighted by molar-refractivity contribution is 6.39. The van der Waals surface area contributed by atoms with Crippen molar-refractivity contribution in [3.8, 4) is 11.5 Å². The monoisotopic (exact) mass is 1070 g/mol. The zero-order valence-electron chi connectivity index (χ0n) is 44.0. The molecule has 2 fully saturated rings. The lowest BCUT2D eigenvalue weighted by molar-refractivity contribution is -0.333. The molecule has 0 radical (unpaired) electrons. The van der Waals surface area contributed by atoms with Crippen LogP contribution in [-0.4, -0.2) is 152 Å². The number of esters is 3. The van der Waals surface area contributed by atoms with Gasteiger partial charge in [-0.05, 0) is 97.4 Å². The Kier molecular flexibility index (Phi) is 22.2. The van der Waals surface area contributed by atoms with E-state index in [1.54, 1.807) is 53.7 Å². The maximum Gasteiger partial charge on any atom is 0.342 e. The number of carbonyl (C=O) groups excluding carboxylic acids is 3. The molecule has 1 aromatic carbocycles. The SMILES string of the molecule is CCc1c(Cl)c(O)c(Cl)c(O)c1C(=O)O[C@H]1[C@H](O)[C@H](OC)[C@H](OC/C2=C\C=C\C[C@H](O)/C(C)=C/[C@H](CC)[C@@H](O[C@@H]3OC(C)(C)[C@@H](OC(=O)C(C)C)[C@H](O)[C@@H]3O)/C(C)=C/C(C)=C/C[C@@H](C(C)(C)O)OC2=O)O[C@@H]1C. The van der Waals surface area contributed by atoms with Gasteiger partial charge in [-0.2, -0.15) is 0 Å². The third kappa shape index (κ3) is 15.2. The molecule has 0 spiro atoms. The van der Waals surface area contributed by atoms with Gasteiger partial charge in [0.2, 0.25) is 0 Å². The van der Waals surface area contributed by atoms with Gasteiger partial charge in [-0.3, -0.25) is 4.79 Å². The molecule has 0 amide bonds. The third-order valence-corrected chi connectivity index (χ3v) is 14.0. The normalized spacial score (nSPS) is 34.3. The number of hydrogen-bond acceptors (Lipinski definition) is 18. The maximum atomic E-state index is 14.1. The van der Waals surface area contributed by atoms with E-state index in [1.165, 1.54) is 40.0 Å². The van der Waals surface area contributed by atoms with Crippen molar-refractivity contribution in [3.63, 3.8) is 0 Å². The summed E-state index contributed by atoms with van der Waals surface area (Å²) in [6, 6.07) is 0. The number of methoxy groups -OCH3 is 1. The van der Waals surface area contributed by atoms with Gasteiger partial charge in [-0.1, -0.05) is 86.9 Å². The van der Waals surface area contributed by atoms with E-state index in [9.17, 15) is 50.1 Å². The second-order valence-corrected chi connectivity index (χ2v) is 21.0. The van der Waals surface area contributed by atoms with Crippen molar-refractivity contribution in [1.82, 2.24) is 0 Å². The zero-order valence-corrected chi connectivity index (χ0v) is 45.5. The van der Waals surface area contributed by atoms with Crippen molar-refractivity contribution >= 4 is 41.1 Å². The van der Waals surface area contributed by atoms with E-state index in [2.05, 4.69) is 0 Å². The molecule has 4 rings (SSSR count). The predicted octanol–water partition coefficient (Wildman–Crippen LogP) is 6.62. The number of benzene rings is 1. The number of cyclic esters (lactones) is 1. The number of hydrogen-bond donors (Lipinski definition) is 7. The average Bonchev–Trinajstić information content (AvgIpc) is 3.31. The Morgan fingerprint density at radius 3 is 2.16 bits per heavy atom. The molecule has 0 aliphatic carbocycles. The Hall–Kier alpha value is -3.89. The minimum absolute atomic E-state index is 0.0431. The number of aliphatic hydroxyl groups excluding tert-OH is 4. The van der Waals surface area contributed by atoms with E-state index in [1.807, 2.05) is 32.9 Å². The Labute approximate surface area is 438 Å². The van der Waals surface area contributed by atoms with Gasteiger partial charge in [0, 0.05) is 19.4 Å². The van der Waals surface area contributed by atoms with Crippen molar-refractivity contribution in [3.05, 3.63) is 79.9 Å². The van der Waals surface area contributed by atoms with Crippen molar-refractivity contribution in [2.24, 2.45) is 11.8 Å². The van der Waals surface area contributed by atoms with Crippen molar-refractivity contribution in [2.45, 2.75) is 194 Å². The number of phenols is 2. The molecule has 3 heterocycles. The van der Waals surface area contributed by atoms with E-state index >= 15 is 0 Å². The second-order valence-electron chi connectivity index (χ2n) is 20.2. The van der Waals surface area contributed by atoms with Crippen LogP contribution in [0.5, 0.6) is 11.5 Å². The molecule has 0 bridgehead atoms. The van der Waals surface area contributed by atoms with Gasteiger partial charge in [0.15, 0.2) is 36.3 Å². The Morgan fingerprint density at radius 1 is 0.918 bits per heavy atom. The summed E-state index contributed by atoms with van der Waals surface area (Å²) in [5.74, 6) is -4.80. The van der Waals surface area contributed by atoms with Crippen molar-refractivity contribution in [2.75, 3.05) is 13.7 Å². The van der Waals surface area contributed by atoms with Gasteiger partial charge in [0.25, 0.3) is 0 Å². The van der Waals surface area contributed by atoms with Crippen LogP contribution in [0.1, 0.15) is 118 Å². The van der Waals surface area contributed by atoms with Crippen molar-refractivity contribution in [1.29, 1.82) is 0 Å². The van der Waals surface area contributed by atoms with E-state index in [-0.39, 0.29) is 35.4 Å². The molecule has 13 atom stereocenters. The van der Waals surface area contributed by atoms with Gasteiger partial charge < -0.3 is 73.6 Å². The van der Waals surface area contributed by atoms with Crippen LogP contribution in [0, 0.1) is 11.8 Å². The molecule has 73 heavy (non-hydrogen) atoms. The van der Waals surface area contributed by atoms with Gasteiger partial charge in [0.1, 0.15) is 46.7 Å². The largest absolute Gasteiger partial charge is 0.505 e. The lowest BCUT2D eigenvalue weighted by Gasteiger charge is -2.47. The molecular formula is C53H76Cl2O18. The van der Waals surface area contributed by atoms with Gasteiger partial charge in [0.05, 0.1) is 47.0 Å². The van der Waals surface area contributed by atoms with Crippen LogP contribution in [0.2, 0.25) is 10.0 Å². The molecule has 0 aromatic heterocycles. The molecule has 20 heteroatoms. The number of phenolic OH excluding ortho intramolecular Hbond substituents is 2. The summed E-state index contributed by atoms with van der Waals surface area (Å²) >= 11 is 12.3. The first-order valence-corrected chi connectivity index (χ1v) is 25.3. The molecule has 7 N–H and O–H groups in total. The molecule has 2 saturated heterocycles. The minimum Gasteiger partial charge on any atom is -0.505 e. The van der Waals surface area contributed by atoms with Crippen LogP contribution < -0.4 is 0 Å². The predicted molar refractivity (Wildman–Crippen MR) is 270 cm³/mol. The molecule has 410 valence electrons. The highest BCUT2D eigenvalue weighted by atomic mass is 35.5. The quantitative estimate of drug-likeness (QED) is 0.0621. The zero-order chi connectivity index (χ0) is 55.0. The number of aromatic hydroxyl groups is 2. The first-order valence-electron chi connectivity index (χ1n) is 24.5. The number of carbonyl (C=O) groups is 3. The lowest BCUT2D eigenvalue weighted by Crippen LogP contribution is -2.64. The Balaban J connectivity index is 1.63. The molecule has 0 saturated carbocycles. The van der Waals surface area contributed by atoms with E-state index in [0.717, 1.165) is 0 Å². The number of ether oxygens (including phenoxy) is 8. The topological polar surface area (TPSA) is 267 Å². The van der Waals surface area contributed by atoms with Crippen LogP contribution >= 0.6 is 23.2 Å². The summed E-state index contributed by atoms with van der Waals surface area (Å²) in [4.78, 5) is 40.2. The standard InChI is InChI=1S/C53H76Cl2O18/c1-14-30-23-27(6)33(56)19-17-16-18-31(24-67-51-45(66-13)42(61)44(29(8)68-51)70-49(64)35-32(15-2)36(54)39(58)37(55)38(35)57)48(63)69-34(52(9,10)65)21-20-26(5)22-28(7)43(30)71-50-41(60)40(59)46(53(11,12)73-50)72-47(62)25(3)4/h16-18,20,22-23,25,29-30,33-34,40-46,50-51,56-61,65H,14-15,19,21,24H2,1-13H3/b17-16+,26-20+,27-23+,28-22+,31-18+/t29-,30+,33+,34+,40-,41+,42+,43+,44-,45+,46+,50-,51-/m1/s1. The molecule has 3 aliphatic heterocycles. The average molecular weight is 1070 g/mol. The van der Waals surface area contributed by atoms with Crippen LogP contribution in [-0.2, 0) is 53.9 Å². The number of aliphatic hydroxyl groups is 5. The van der Waals surface area contributed by atoms with Crippen LogP contribution in [0.3, 0.4) is 0 Å². The van der Waals surface area contributed by atoms with E-state index < -0.39 is 143 Å². The Morgan fingerprint density at radius 2 is 1.58 bits per heavy atom. The number of halogens is 2. The van der Waals surface area contributed by atoms with Crippen LogP contribution in [0.25, 0.3) is 0 Å². The molecule has 1 aromatic rings. The first kappa shape index (κ1) is 61.7. The summed E-state index contributed by atoms with van der Waals surface area (Å²) in [5, 5.41) is 77.0. The fourth-order valence-corrected chi connectivity index (χ4v) is 9.28. The Bertz CT molecular complexity index is 2260. The van der Waals surface area contributed by atoms with Crippen LogP contribution in [0.15, 0.2) is 58.7 Å². The summed E-state index contributed by atoms with van der Waals surface area (Å²) in [7, 11) is 1.26. The molecule has 3 aliphatic rings. The summed E-state index contributed by atoms with van der Waals surface area (Å²) < 4.78 is 47.7.